The molecule has 19 heavy (non-hydrogen) atoms. The van der Waals surface area contributed by atoms with Gasteiger partial charge in [-0.15, -0.1) is 0 Å². The van der Waals surface area contributed by atoms with Crippen LogP contribution in [-0.4, -0.2) is 25.3 Å². The molecule has 0 aliphatic carbocycles. The van der Waals surface area contributed by atoms with Crippen molar-refractivity contribution in [2.24, 2.45) is 0 Å². The van der Waals surface area contributed by atoms with Crippen LogP contribution in [0.3, 0.4) is 0 Å². The van der Waals surface area contributed by atoms with Gasteiger partial charge in [0.1, 0.15) is 6.07 Å². The second-order valence-electron chi connectivity index (χ2n) is 4.49. The quantitative estimate of drug-likeness (QED) is 0.882. The third-order valence-electron chi connectivity index (χ3n) is 3.26. The summed E-state index contributed by atoms with van der Waals surface area (Å²) in [7, 11) is -0.828. The molecule has 2 unspecified atom stereocenters. The van der Waals surface area contributed by atoms with Crippen molar-refractivity contribution >= 4 is 34.1 Å². The first kappa shape index (κ1) is 14.0. The van der Waals surface area contributed by atoms with Gasteiger partial charge in [0.15, 0.2) is 4.77 Å². The molecule has 0 bridgehead atoms. The highest BCUT2D eigenvalue weighted by Crippen LogP contribution is 2.19. The standard InChI is InChI=1S/C13H15N3OS2/c1-9(19(2)17)6-7-16-11-5-3-4-10(8-14)12(11)15-13(16)18/h3-5,9H,6-7H2,1-2H3,(H,15,18). The second-order valence-corrected chi connectivity index (χ2v) is 6.68. The molecule has 2 aromatic rings. The monoisotopic (exact) mass is 293 g/mol. The van der Waals surface area contributed by atoms with Gasteiger partial charge in [0, 0.05) is 28.9 Å². The van der Waals surface area contributed by atoms with Crippen molar-refractivity contribution in [2.45, 2.75) is 25.1 Å². The Labute approximate surface area is 119 Å². The van der Waals surface area contributed by atoms with Gasteiger partial charge in [-0.1, -0.05) is 13.0 Å². The lowest BCUT2D eigenvalue weighted by atomic mass is 10.2. The van der Waals surface area contributed by atoms with Crippen LogP contribution in [0.2, 0.25) is 0 Å². The third-order valence-corrected chi connectivity index (χ3v) is 4.95. The number of imidazole rings is 1. The zero-order valence-corrected chi connectivity index (χ0v) is 12.5. The van der Waals surface area contributed by atoms with E-state index in [-0.39, 0.29) is 5.25 Å². The molecule has 6 heteroatoms. The first-order valence-electron chi connectivity index (χ1n) is 5.98. The van der Waals surface area contributed by atoms with Crippen molar-refractivity contribution in [3.05, 3.63) is 28.5 Å². The van der Waals surface area contributed by atoms with Crippen molar-refractivity contribution in [3.63, 3.8) is 0 Å². The normalized spacial score (nSPS) is 14.2. The zero-order valence-electron chi connectivity index (χ0n) is 10.8. The van der Waals surface area contributed by atoms with E-state index in [0.717, 1.165) is 17.5 Å². The van der Waals surface area contributed by atoms with Gasteiger partial charge in [-0.05, 0) is 30.8 Å². The Hall–Kier alpha value is -1.45. The fraction of sp³-hybridized carbons (Fsp3) is 0.385. The number of fused-ring (bicyclic) bond motifs is 1. The number of rotatable bonds is 4. The minimum absolute atomic E-state index is 0.131. The van der Waals surface area contributed by atoms with E-state index in [9.17, 15) is 4.21 Å². The summed E-state index contributed by atoms with van der Waals surface area (Å²) in [6.07, 6.45) is 2.51. The van der Waals surface area contributed by atoms with Crippen LogP contribution in [-0.2, 0) is 17.3 Å². The van der Waals surface area contributed by atoms with Crippen LogP contribution >= 0.6 is 12.2 Å². The molecular weight excluding hydrogens is 278 g/mol. The van der Waals surface area contributed by atoms with Crippen LogP contribution in [0.25, 0.3) is 11.0 Å². The number of nitrogens with zero attached hydrogens (tertiary/aromatic N) is 2. The first-order valence-corrected chi connectivity index (χ1v) is 8.01. The second kappa shape index (κ2) is 5.68. The molecule has 100 valence electrons. The molecule has 0 saturated carbocycles. The van der Waals surface area contributed by atoms with Crippen molar-refractivity contribution in [1.29, 1.82) is 5.26 Å². The molecule has 1 N–H and O–H groups in total. The molecule has 1 aromatic heterocycles. The SMILES string of the molecule is CC(CCn1c(=S)[nH]c2c(C#N)cccc21)S(C)=O. The predicted octanol–water partition coefficient (Wildman–Crippen LogP) is 2.73. The maximum Gasteiger partial charge on any atom is 0.178 e. The number of H-pyrrole nitrogens is 1. The van der Waals surface area contributed by atoms with Gasteiger partial charge >= 0.3 is 0 Å². The molecule has 0 aliphatic heterocycles. The highest BCUT2D eigenvalue weighted by molar-refractivity contribution is 7.84. The van der Waals surface area contributed by atoms with E-state index in [0.29, 0.717) is 16.9 Å². The molecule has 2 atom stereocenters. The molecule has 4 nitrogen and oxygen atoms in total. The summed E-state index contributed by atoms with van der Waals surface area (Å²) in [6.45, 7) is 2.67. The Morgan fingerprint density at radius 3 is 2.95 bits per heavy atom. The lowest BCUT2D eigenvalue weighted by molar-refractivity contribution is 0.625. The number of hydrogen-bond donors (Lipinski definition) is 1. The molecule has 1 heterocycles. The average molecular weight is 293 g/mol. The van der Waals surface area contributed by atoms with Crippen molar-refractivity contribution in [2.75, 3.05) is 6.26 Å². The number of aryl methyl sites for hydroxylation is 1. The number of nitrogens with one attached hydrogen (secondary N) is 1. The van der Waals surface area contributed by atoms with E-state index in [4.69, 9.17) is 17.5 Å². The van der Waals surface area contributed by atoms with Crippen LogP contribution in [0, 0.1) is 16.1 Å². The largest absolute Gasteiger partial charge is 0.329 e. The fourth-order valence-electron chi connectivity index (χ4n) is 1.97. The van der Waals surface area contributed by atoms with E-state index in [2.05, 4.69) is 11.1 Å². The number of nitriles is 1. The van der Waals surface area contributed by atoms with E-state index in [1.165, 1.54) is 0 Å². The van der Waals surface area contributed by atoms with Crippen molar-refractivity contribution in [1.82, 2.24) is 9.55 Å². The topological polar surface area (TPSA) is 61.6 Å². The minimum atomic E-state index is -0.828. The average Bonchev–Trinajstić information content (AvgIpc) is 2.71. The number of para-hydroxylation sites is 1. The van der Waals surface area contributed by atoms with E-state index in [1.54, 1.807) is 12.3 Å². The van der Waals surface area contributed by atoms with Crippen LogP contribution < -0.4 is 0 Å². The molecule has 0 saturated heterocycles. The Morgan fingerprint density at radius 1 is 1.58 bits per heavy atom. The molecule has 1 aromatic carbocycles. The summed E-state index contributed by atoms with van der Waals surface area (Å²) >= 11 is 5.30. The Bertz CT molecular complexity index is 724. The number of aromatic amines is 1. The summed E-state index contributed by atoms with van der Waals surface area (Å²) in [5, 5.41) is 9.20. The summed E-state index contributed by atoms with van der Waals surface area (Å²) in [5.41, 5.74) is 2.30. The summed E-state index contributed by atoms with van der Waals surface area (Å²) in [6, 6.07) is 7.71. The molecular formula is C13H15N3OS2. The molecule has 0 spiro atoms. The van der Waals surface area contributed by atoms with E-state index >= 15 is 0 Å². The van der Waals surface area contributed by atoms with Crippen LogP contribution in [0.1, 0.15) is 18.9 Å². The zero-order chi connectivity index (χ0) is 14.0. The Balaban J connectivity index is 2.39. The molecule has 2 rings (SSSR count). The minimum Gasteiger partial charge on any atom is -0.329 e. The van der Waals surface area contributed by atoms with Gasteiger partial charge in [-0.25, -0.2) is 0 Å². The van der Waals surface area contributed by atoms with E-state index in [1.807, 2.05) is 23.6 Å². The summed E-state index contributed by atoms with van der Waals surface area (Å²) in [5.74, 6) is 0. The molecule has 0 radical (unpaired) electrons. The molecule has 0 aliphatic rings. The smallest absolute Gasteiger partial charge is 0.178 e. The first-order chi connectivity index (χ1) is 9.04. The fourth-order valence-corrected chi connectivity index (χ4v) is 2.70. The summed E-state index contributed by atoms with van der Waals surface area (Å²) < 4.78 is 13.9. The lowest BCUT2D eigenvalue weighted by Crippen LogP contribution is -2.12. The van der Waals surface area contributed by atoms with Crippen LogP contribution in [0.4, 0.5) is 0 Å². The Kier molecular flexibility index (Phi) is 4.17. The number of aromatic nitrogens is 2. The maximum atomic E-state index is 11.4. The van der Waals surface area contributed by atoms with Crippen LogP contribution in [0.5, 0.6) is 0 Å². The van der Waals surface area contributed by atoms with Crippen molar-refractivity contribution < 1.29 is 4.21 Å². The number of benzene rings is 1. The lowest BCUT2D eigenvalue weighted by Gasteiger charge is -2.09. The third kappa shape index (κ3) is 2.77. The summed E-state index contributed by atoms with van der Waals surface area (Å²) in [4.78, 5) is 3.08. The predicted molar refractivity (Wildman–Crippen MR) is 80.0 cm³/mol. The van der Waals surface area contributed by atoms with Gasteiger partial charge in [0.05, 0.1) is 16.6 Å². The van der Waals surface area contributed by atoms with Gasteiger partial charge in [-0.3, -0.25) is 4.21 Å². The van der Waals surface area contributed by atoms with Gasteiger partial charge < -0.3 is 9.55 Å². The molecule has 0 amide bonds. The highest BCUT2D eigenvalue weighted by Gasteiger charge is 2.11. The Morgan fingerprint density at radius 2 is 2.32 bits per heavy atom. The van der Waals surface area contributed by atoms with Crippen LogP contribution in [0.15, 0.2) is 18.2 Å². The highest BCUT2D eigenvalue weighted by atomic mass is 32.2. The molecule has 0 fully saturated rings. The number of hydrogen-bond acceptors (Lipinski definition) is 3. The van der Waals surface area contributed by atoms with Gasteiger partial charge in [0.25, 0.3) is 0 Å². The van der Waals surface area contributed by atoms with Gasteiger partial charge in [0.2, 0.25) is 0 Å². The maximum absolute atomic E-state index is 11.4. The van der Waals surface area contributed by atoms with Gasteiger partial charge in [-0.2, -0.15) is 5.26 Å². The van der Waals surface area contributed by atoms with E-state index < -0.39 is 10.8 Å². The van der Waals surface area contributed by atoms with Crippen molar-refractivity contribution in [3.8, 4) is 6.07 Å².